The largest absolute Gasteiger partial charge is 0.496 e. The predicted octanol–water partition coefficient (Wildman–Crippen LogP) is 3.09. The van der Waals surface area contributed by atoms with Crippen LogP contribution in [0.2, 0.25) is 0 Å². The van der Waals surface area contributed by atoms with E-state index in [1.165, 1.54) is 11.3 Å². The van der Waals surface area contributed by atoms with Crippen molar-refractivity contribution in [2.75, 3.05) is 12.5 Å². The van der Waals surface area contributed by atoms with E-state index >= 15 is 0 Å². The molecule has 1 aliphatic rings. The van der Waals surface area contributed by atoms with E-state index in [0.717, 1.165) is 9.89 Å². The van der Waals surface area contributed by atoms with Crippen molar-refractivity contribution in [1.82, 2.24) is 15.0 Å². The van der Waals surface area contributed by atoms with Gasteiger partial charge < -0.3 is 4.74 Å². The quantitative estimate of drug-likeness (QED) is 0.713. The second kappa shape index (κ2) is 6.38. The van der Waals surface area contributed by atoms with Gasteiger partial charge in [-0.15, -0.1) is 11.3 Å². The second-order valence-corrected chi connectivity index (χ2v) is 6.96. The number of imide groups is 1. The predicted molar refractivity (Wildman–Crippen MR) is 98.7 cm³/mol. The van der Waals surface area contributed by atoms with Crippen LogP contribution in [-0.2, 0) is 9.59 Å². The number of hydrogen-bond acceptors (Lipinski definition) is 7. The van der Waals surface area contributed by atoms with Crippen LogP contribution in [0.3, 0.4) is 0 Å². The third-order valence-corrected chi connectivity index (χ3v) is 5.10. The summed E-state index contributed by atoms with van der Waals surface area (Å²) < 4.78 is 5.43. The lowest BCUT2D eigenvalue weighted by molar-refractivity contribution is -0.137. The maximum Gasteiger partial charge on any atom is 0.251 e. The van der Waals surface area contributed by atoms with Crippen LogP contribution in [0.1, 0.15) is 13.3 Å². The van der Waals surface area contributed by atoms with Crippen molar-refractivity contribution in [2.24, 2.45) is 5.92 Å². The summed E-state index contributed by atoms with van der Waals surface area (Å²) in [5, 5.41) is 3.60. The van der Waals surface area contributed by atoms with Gasteiger partial charge >= 0.3 is 0 Å². The van der Waals surface area contributed by atoms with Gasteiger partial charge in [0.05, 0.1) is 22.9 Å². The van der Waals surface area contributed by atoms with E-state index in [2.05, 4.69) is 15.4 Å². The molecule has 2 aromatic heterocycles. The number of nitrogens with zero attached hydrogens (tertiary/aromatic N) is 3. The summed E-state index contributed by atoms with van der Waals surface area (Å²) in [4.78, 5) is 34.5. The lowest BCUT2D eigenvalue weighted by Crippen LogP contribution is -2.36. The summed E-state index contributed by atoms with van der Waals surface area (Å²) in [7, 11) is 1.56. The molecule has 1 N–H and O–H groups in total. The number of aromatic nitrogens is 2. The number of hydrazine groups is 1. The molecular weight excluding hydrogens is 352 g/mol. The van der Waals surface area contributed by atoms with Gasteiger partial charge in [0.25, 0.3) is 5.91 Å². The topological polar surface area (TPSA) is 84.4 Å². The van der Waals surface area contributed by atoms with E-state index in [-0.39, 0.29) is 24.2 Å². The fourth-order valence-electron chi connectivity index (χ4n) is 2.93. The summed E-state index contributed by atoms with van der Waals surface area (Å²) >= 11 is 1.52. The first-order chi connectivity index (χ1) is 12.6. The molecule has 26 heavy (non-hydrogen) atoms. The van der Waals surface area contributed by atoms with Gasteiger partial charge in [0, 0.05) is 12.3 Å². The van der Waals surface area contributed by atoms with Gasteiger partial charge in [-0.2, -0.15) is 5.01 Å². The van der Waals surface area contributed by atoms with Crippen LogP contribution in [0.4, 0.5) is 5.82 Å². The van der Waals surface area contributed by atoms with Gasteiger partial charge in [-0.3, -0.25) is 15.0 Å². The molecule has 1 atom stereocenters. The fourth-order valence-corrected chi connectivity index (χ4v) is 3.58. The monoisotopic (exact) mass is 368 g/mol. The zero-order chi connectivity index (χ0) is 18.3. The molecule has 0 radical (unpaired) electrons. The Balaban J connectivity index is 1.88. The van der Waals surface area contributed by atoms with Crippen molar-refractivity contribution in [3.05, 3.63) is 35.7 Å². The Morgan fingerprint density at radius 1 is 1.23 bits per heavy atom. The van der Waals surface area contributed by atoms with Gasteiger partial charge in [0.2, 0.25) is 5.91 Å². The van der Waals surface area contributed by atoms with E-state index in [4.69, 9.17) is 4.74 Å². The summed E-state index contributed by atoms with van der Waals surface area (Å²) in [5.74, 6) is 0.565. The summed E-state index contributed by atoms with van der Waals surface area (Å²) in [5.41, 5.74) is 3.56. The molecule has 1 aliphatic heterocycles. The number of hydrogen-bond donors (Lipinski definition) is 1. The number of thiophene rings is 1. The average molecular weight is 368 g/mol. The van der Waals surface area contributed by atoms with Gasteiger partial charge in [0.15, 0.2) is 11.6 Å². The number of carbonyl (C=O) groups excluding carboxylic acids is 2. The first-order valence-electron chi connectivity index (χ1n) is 8.10. The standard InChI is InChI=1S/C18H16N4O3S/c1-10-9-14(23)22(18(10)24)21-17-15-11(5-3-6-12(15)25-2)19-16(20-17)13-7-4-8-26-13/h3-8,10H,9H2,1-2H3,(H,19,20,21). The normalized spacial score (nSPS) is 17.2. The highest BCUT2D eigenvalue weighted by Gasteiger charge is 2.36. The number of carbonyl (C=O) groups is 2. The maximum absolute atomic E-state index is 12.3. The Morgan fingerprint density at radius 3 is 2.73 bits per heavy atom. The second-order valence-electron chi connectivity index (χ2n) is 6.01. The fraction of sp³-hybridized carbons (Fsp3) is 0.222. The lowest BCUT2D eigenvalue weighted by atomic mass is 10.1. The summed E-state index contributed by atoms with van der Waals surface area (Å²) in [6.45, 7) is 1.73. The molecule has 1 aromatic carbocycles. The minimum absolute atomic E-state index is 0.184. The van der Waals surface area contributed by atoms with E-state index in [1.54, 1.807) is 20.1 Å². The van der Waals surface area contributed by atoms with Crippen molar-refractivity contribution < 1.29 is 14.3 Å². The molecule has 0 spiro atoms. The summed E-state index contributed by atoms with van der Waals surface area (Å²) in [6, 6.07) is 9.31. The molecule has 0 saturated carbocycles. The van der Waals surface area contributed by atoms with Crippen LogP contribution in [-0.4, -0.2) is 33.9 Å². The number of fused-ring (bicyclic) bond motifs is 1. The highest BCUT2D eigenvalue weighted by molar-refractivity contribution is 7.13. The number of nitrogens with one attached hydrogen (secondary N) is 1. The number of methoxy groups -OCH3 is 1. The number of ether oxygens (including phenoxy) is 1. The Hall–Kier alpha value is -3.00. The molecule has 1 saturated heterocycles. The molecule has 0 aliphatic carbocycles. The Kier molecular flexibility index (Phi) is 4.04. The minimum atomic E-state index is -0.346. The van der Waals surface area contributed by atoms with E-state index in [0.29, 0.717) is 28.3 Å². The molecule has 3 aromatic rings. The lowest BCUT2D eigenvalue weighted by Gasteiger charge is -2.19. The molecule has 8 heteroatoms. The van der Waals surface area contributed by atoms with E-state index in [1.807, 2.05) is 29.6 Å². The Morgan fingerprint density at radius 2 is 2.08 bits per heavy atom. The average Bonchev–Trinajstić information content (AvgIpc) is 3.26. The third kappa shape index (κ3) is 2.68. The minimum Gasteiger partial charge on any atom is -0.496 e. The maximum atomic E-state index is 12.3. The smallest absolute Gasteiger partial charge is 0.251 e. The van der Waals surface area contributed by atoms with Crippen LogP contribution >= 0.6 is 11.3 Å². The number of anilines is 1. The zero-order valence-electron chi connectivity index (χ0n) is 14.2. The van der Waals surface area contributed by atoms with Crippen molar-refractivity contribution in [3.8, 4) is 16.5 Å². The molecule has 2 amide bonds. The van der Waals surface area contributed by atoms with Crippen LogP contribution in [0.5, 0.6) is 5.75 Å². The van der Waals surface area contributed by atoms with Crippen molar-refractivity contribution in [1.29, 1.82) is 0 Å². The summed E-state index contributed by atoms with van der Waals surface area (Å²) in [6.07, 6.45) is 0.184. The van der Waals surface area contributed by atoms with E-state index < -0.39 is 0 Å². The molecule has 1 fully saturated rings. The number of amides is 2. The van der Waals surface area contributed by atoms with Crippen molar-refractivity contribution >= 4 is 39.9 Å². The van der Waals surface area contributed by atoms with Crippen LogP contribution in [0, 0.1) is 5.92 Å². The third-order valence-electron chi connectivity index (χ3n) is 4.24. The first-order valence-corrected chi connectivity index (χ1v) is 8.98. The van der Waals surface area contributed by atoms with Crippen molar-refractivity contribution in [2.45, 2.75) is 13.3 Å². The SMILES string of the molecule is COc1cccc2nc(-c3cccs3)nc(NN3C(=O)CC(C)C3=O)c12. The van der Waals surface area contributed by atoms with Crippen LogP contribution in [0.25, 0.3) is 21.6 Å². The van der Waals surface area contributed by atoms with Crippen molar-refractivity contribution in [3.63, 3.8) is 0 Å². The van der Waals surface area contributed by atoms with Gasteiger partial charge in [-0.05, 0) is 23.6 Å². The molecule has 7 nitrogen and oxygen atoms in total. The molecule has 3 heterocycles. The number of benzene rings is 1. The Labute approximate surface area is 153 Å². The van der Waals surface area contributed by atoms with Crippen LogP contribution < -0.4 is 10.2 Å². The molecule has 132 valence electrons. The molecule has 0 bridgehead atoms. The highest BCUT2D eigenvalue weighted by atomic mass is 32.1. The molecule has 1 unspecified atom stereocenters. The molecular formula is C18H16N4O3S. The van der Waals surface area contributed by atoms with Gasteiger partial charge in [-0.25, -0.2) is 9.97 Å². The van der Waals surface area contributed by atoms with E-state index in [9.17, 15) is 9.59 Å². The van der Waals surface area contributed by atoms with Gasteiger partial charge in [0.1, 0.15) is 5.75 Å². The molecule has 4 rings (SSSR count). The van der Waals surface area contributed by atoms with Gasteiger partial charge in [-0.1, -0.05) is 19.1 Å². The number of rotatable bonds is 4. The van der Waals surface area contributed by atoms with Crippen LogP contribution in [0.15, 0.2) is 35.7 Å². The first kappa shape index (κ1) is 16.5. The zero-order valence-corrected chi connectivity index (χ0v) is 15.0. The Bertz CT molecular complexity index is 1000. The highest BCUT2D eigenvalue weighted by Crippen LogP contribution is 2.34.